The van der Waals surface area contributed by atoms with E-state index in [9.17, 15) is 8.42 Å². The lowest BCUT2D eigenvalue weighted by Gasteiger charge is -2.29. The van der Waals surface area contributed by atoms with E-state index < -0.39 is 10.0 Å². The van der Waals surface area contributed by atoms with Crippen molar-refractivity contribution in [1.82, 2.24) is 14.5 Å². The molecule has 1 saturated heterocycles. The zero-order valence-corrected chi connectivity index (χ0v) is 13.2. The van der Waals surface area contributed by atoms with Crippen molar-refractivity contribution in [2.75, 3.05) is 18.8 Å². The molecule has 1 fully saturated rings. The van der Waals surface area contributed by atoms with Crippen LogP contribution in [0.3, 0.4) is 0 Å². The lowest BCUT2D eigenvalue weighted by molar-refractivity contribution is 0.217. The van der Waals surface area contributed by atoms with E-state index in [1.54, 1.807) is 4.31 Å². The molecule has 7 heteroatoms. The standard InChI is InChI=1S/C13H24N4O2S/c1-13(2,3)10-5-4-7-17(8-6-10)20(18,19)11-9-15-16-12(11)14/h9-10H,4-8H2,1-3H3,(H3,14,15,16). The predicted octanol–water partition coefficient (Wildman–Crippen LogP) is 1.83. The van der Waals surface area contributed by atoms with Crippen LogP contribution in [0.4, 0.5) is 5.82 Å². The van der Waals surface area contributed by atoms with Gasteiger partial charge in [-0.3, -0.25) is 5.10 Å². The molecule has 114 valence electrons. The lowest BCUT2D eigenvalue weighted by atomic mass is 9.77. The number of aromatic amines is 1. The van der Waals surface area contributed by atoms with Crippen molar-refractivity contribution in [3.05, 3.63) is 6.20 Å². The molecule has 3 N–H and O–H groups in total. The highest BCUT2D eigenvalue weighted by molar-refractivity contribution is 7.89. The van der Waals surface area contributed by atoms with Gasteiger partial charge in [0.25, 0.3) is 0 Å². The summed E-state index contributed by atoms with van der Waals surface area (Å²) < 4.78 is 26.7. The average Bonchev–Trinajstić information content (AvgIpc) is 2.63. The highest BCUT2D eigenvalue weighted by Gasteiger charge is 2.33. The first kappa shape index (κ1) is 15.3. The first-order chi connectivity index (χ1) is 9.23. The molecule has 1 aliphatic rings. The number of rotatable bonds is 2. The normalized spacial score (nSPS) is 22.6. The number of aromatic nitrogens is 2. The summed E-state index contributed by atoms with van der Waals surface area (Å²) >= 11 is 0. The van der Waals surface area contributed by atoms with Gasteiger partial charge in [0.1, 0.15) is 10.7 Å². The van der Waals surface area contributed by atoms with Crippen molar-refractivity contribution in [3.63, 3.8) is 0 Å². The quantitative estimate of drug-likeness (QED) is 0.871. The van der Waals surface area contributed by atoms with Crippen LogP contribution in [0.2, 0.25) is 0 Å². The number of sulfonamides is 1. The van der Waals surface area contributed by atoms with Crippen LogP contribution in [0.1, 0.15) is 40.0 Å². The Morgan fingerprint density at radius 2 is 2.05 bits per heavy atom. The Labute approximate surface area is 120 Å². The van der Waals surface area contributed by atoms with Crippen molar-refractivity contribution in [3.8, 4) is 0 Å². The number of hydrogen-bond acceptors (Lipinski definition) is 4. The van der Waals surface area contributed by atoms with Gasteiger partial charge in [-0.15, -0.1) is 0 Å². The van der Waals surface area contributed by atoms with Crippen molar-refractivity contribution >= 4 is 15.8 Å². The fourth-order valence-electron chi connectivity index (χ4n) is 2.81. The van der Waals surface area contributed by atoms with Gasteiger partial charge in [0.2, 0.25) is 10.0 Å². The van der Waals surface area contributed by atoms with Crippen molar-refractivity contribution in [2.45, 2.75) is 44.9 Å². The van der Waals surface area contributed by atoms with Gasteiger partial charge in [-0.25, -0.2) is 8.42 Å². The Hall–Kier alpha value is -1.08. The number of nitrogen functional groups attached to an aromatic ring is 1. The SMILES string of the molecule is CC(C)(C)C1CCCN(S(=O)(=O)c2cn[nH]c2N)CC1. The van der Waals surface area contributed by atoms with Gasteiger partial charge in [0, 0.05) is 13.1 Å². The van der Waals surface area contributed by atoms with E-state index in [-0.39, 0.29) is 16.1 Å². The zero-order valence-electron chi connectivity index (χ0n) is 12.4. The Morgan fingerprint density at radius 3 is 2.60 bits per heavy atom. The van der Waals surface area contributed by atoms with Gasteiger partial charge in [-0.05, 0) is 30.6 Å². The van der Waals surface area contributed by atoms with Gasteiger partial charge < -0.3 is 5.73 Å². The fourth-order valence-corrected chi connectivity index (χ4v) is 4.31. The van der Waals surface area contributed by atoms with Crippen LogP contribution >= 0.6 is 0 Å². The second-order valence-corrected chi connectivity index (χ2v) is 8.45. The van der Waals surface area contributed by atoms with Crippen LogP contribution in [0.5, 0.6) is 0 Å². The van der Waals surface area contributed by atoms with E-state index in [0.717, 1.165) is 19.3 Å². The number of nitrogens with one attached hydrogen (secondary N) is 1. The van der Waals surface area contributed by atoms with Crippen LogP contribution in [0.25, 0.3) is 0 Å². The first-order valence-electron chi connectivity index (χ1n) is 7.02. The van der Waals surface area contributed by atoms with Crippen LogP contribution < -0.4 is 5.73 Å². The summed E-state index contributed by atoms with van der Waals surface area (Å²) in [5.74, 6) is 0.658. The second-order valence-electron chi connectivity index (χ2n) is 6.55. The number of H-pyrrole nitrogens is 1. The number of anilines is 1. The molecule has 0 saturated carbocycles. The van der Waals surface area contributed by atoms with Crippen LogP contribution in [-0.2, 0) is 10.0 Å². The molecule has 2 heterocycles. The van der Waals surface area contributed by atoms with Crippen molar-refractivity contribution < 1.29 is 8.42 Å². The van der Waals surface area contributed by atoms with Crippen molar-refractivity contribution in [2.24, 2.45) is 11.3 Å². The molecular weight excluding hydrogens is 276 g/mol. The Kier molecular flexibility index (Phi) is 4.11. The van der Waals surface area contributed by atoms with Gasteiger partial charge in [-0.1, -0.05) is 20.8 Å². The average molecular weight is 300 g/mol. The summed E-state index contributed by atoms with van der Waals surface area (Å²) in [4.78, 5) is 0.0895. The highest BCUT2D eigenvalue weighted by Crippen LogP contribution is 2.35. The molecule has 1 unspecified atom stereocenters. The molecule has 1 aromatic heterocycles. The zero-order chi connectivity index (χ0) is 15.0. The van der Waals surface area contributed by atoms with E-state index in [0.29, 0.717) is 19.0 Å². The third-order valence-electron chi connectivity index (χ3n) is 4.16. The number of nitrogens with zero attached hydrogens (tertiary/aromatic N) is 2. The van der Waals surface area contributed by atoms with E-state index in [2.05, 4.69) is 31.0 Å². The minimum absolute atomic E-state index is 0.0895. The van der Waals surface area contributed by atoms with E-state index >= 15 is 0 Å². The van der Waals surface area contributed by atoms with Crippen LogP contribution in [0, 0.1) is 11.3 Å². The van der Waals surface area contributed by atoms with E-state index in [4.69, 9.17) is 5.73 Å². The van der Waals surface area contributed by atoms with Crippen LogP contribution in [0.15, 0.2) is 11.1 Å². The predicted molar refractivity (Wildman–Crippen MR) is 78.6 cm³/mol. The minimum atomic E-state index is -3.53. The maximum atomic E-state index is 12.6. The Morgan fingerprint density at radius 1 is 1.35 bits per heavy atom. The topological polar surface area (TPSA) is 92.1 Å². The fraction of sp³-hybridized carbons (Fsp3) is 0.769. The summed E-state index contributed by atoms with van der Waals surface area (Å²) in [7, 11) is -3.53. The minimum Gasteiger partial charge on any atom is -0.383 e. The molecule has 0 radical (unpaired) electrons. The third-order valence-corrected chi connectivity index (χ3v) is 6.09. The van der Waals surface area contributed by atoms with Crippen molar-refractivity contribution in [1.29, 1.82) is 0 Å². The molecule has 2 rings (SSSR count). The highest BCUT2D eigenvalue weighted by atomic mass is 32.2. The molecule has 20 heavy (non-hydrogen) atoms. The summed E-state index contributed by atoms with van der Waals surface area (Å²) in [6, 6.07) is 0. The summed E-state index contributed by atoms with van der Waals surface area (Å²) in [6.07, 6.45) is 4.13. The van der Waals surface area contributed by atoms with Crippen LogP contribution in [-0.4, -0.2) is 36.0 Å². The van der Waals surface area contributed by atoms with E-state index in [1.165, 1.54) is 6.20 Å². The molecule has 0 amide bonds. The van der Waals surface area contributed by atoms with Gasteiger partial charge >= 0.3 is 0 Å². The Bertz CT molecular complexity index is 559. The molecule has 1 aromatic rings. The molecule has 0 aliphatic carbocycles. The Balaban J connectivity index is 2.17. The monoisotopic (exact) mass is 300 g/mol. The molecule has 0 aromatic carbocycles. The molecular formula is C13H24N4O2S. The van der Waals surface area contributed by atoms with Gasteiger partial charge in [-0.2, -0.15) is 9.40 Å². The lowest BCUT2D eigenvalue weighted by Crippen LogP contribution is -2.32. The van der Waals surface area contributed by atoms with Gasteiger partial charge in [0.05, 0.1) is 6.20 Å². The summed E-state index contributed by atoms with van der Waals surface area (Å²) in [6.45, 7) is 7.76. The number of nitrogens with two attached hydrogens (primary N) is 1. The summed E-state index contributed by atoms with van der Waals surface area (Å²) in [5.41, 5.74) is 5.86. The first-order valence-corrected chi connectivity index (χ1v) is 8.46. The summed E-state index contributed by atoms with van der Waals surface area (Å²) in [5, 5.41) is 6.19. The van der Waals surface area contributed by atoms with Gasteiger partial charge in [0.15, 0.2) is 0 Å². The van der Waals surface area contributed by atoms with E-state index in [1.807, 2.05) is 0 Å². The molecule has 0 spiro atoms. The molecule has 1 atom stereocenters. The molecule has 6 nitrogen and oxygen atoms in total. The molecule has 1 aliphatic heterocycles. The maximum Gasteiger partial charge on any atom is 0.248 e. The third kappa shape index (κ3) is 2.98. The second kappa shape index (κ2) is 5.37. The number of hydrogen-bond donors (Lipinski definition) is 2. The maximum absolute atomic E-state index is 12.6. The molecule has 0 bridgehead atoms. The smallest absolute Gasteiger partial charge is 0.248 e. The largest absolute Gasteiger partial charge is 0.383 e.